The summed E-state index contributed by atoms with van der Waals surface area (Å²) in [6.07, 6.45) is 1.29. The van der Waals surface area contributed by atoms with Crippen LogP contribution in [0.4, 0.5) is 10.2 Å². The molecule has 0 bridgehead atoms. The molecule has 7 heteroatoms. The maximum atomic E-state index is 13.7. The Bertz CT molecular complexity index is 933. The number of methoxy groups -OCH3 is 1. The Morgan fingerprint density at radius 1 is 1.04 bits per heavy atom. The fraction of sp³-hybridized carbons (Fsp3) is 0.150. The molecule has 6 nitrogen and oxygen atoms in total. The highest BCUT2D eigenvalue weighted by atomic mass is 19.1. The normalized spacial score (nSPS) is 10.3. The Kier molecular flexibility index (Phi) is 5.94. The van der Waals surface area contributed by atoms with Gasteiger partial charge in [0, 0.05) is 30.3 Å². The zero-order valence-corrected chi connectivity index (χ0v) is 14.8. The van der Waals surface area contributed by atoms with Crippen LogP contribution in [0.1, 0.15) is 21.6 Å². The molecule has 0 radical (unpaired) electrons. The number of ether oxygens (including phenoxy) is 1. The summed E-state index contributed by atoms with van der Waals surface area (Å²) < 4.78 is 18.9. The lowest BCUT2D eigenvalue weighted by Gasteiger charge is -2.10. The number of carbonyl (C=O) groups is 1. The van der Waals surface area contributed by atoms with Crippen molar-refractivity contribution in [2.24, 2.45) is 0 Å². The predicted octanol–water partition coefficient (Wildman–Crippen LogP) is 3.17. The molecule has 0 saturated heterocycles. The van der Waals surface area contributed by atoms with Crippen molar-refractivity contribution in [3.8, 4) is 5.75 Å². The van der Waals surface area contributed by atoms with E-state index in [0.717, 1.165) is 5.56 Å². The molecule has 0 atom stereocenters. The molecule has 1 amide bonds. The Labute approximate surface area is 156 Å². The average Bonchev–Trinajstić information content (AvgIpc) is 2.72. The van der Waals surface area contributed by atoms with Gasteiger partial charge >= 0.3 is 0 Å². The molecule has 0 saturated carbocycles. The average molecular weight is 366 g/mol. The van der Waals surface area contributed by atoms with Crippen LogP contribution in [0.5, 0.6) is 5.75 Å². The van der Waals surface area contributed by atoms with Crippen molar-refractivity contribution in [3.05, 3.63) is 83.6 Å². The highest BCUT2D eigenvalue weighted by molar-refractivity contribution is 5.92. The third-order valence-electron chi connectivity index (χ3n) is 3.95. The van der Waals surface area contributed by atoms with Crippen molar-refractivity contribution in [1.82, 2.24) is 15.3 Å². The second-order valence-electron chi connectivity index (χ2n) is 5.73. The van der Waals surface area contributed by atoms with Crippen LogP contribution in [-0.4, -0.2) is 23.0 Å². The van der Waals surface area contributed by atoms with Crippen molar-refractivity contribution in [3.63, 3.8) is 0 Å². The van der Waals surface area contributed by atoms with Gasteiger partial charge in [0.05, 0.1) is 7.11 Å². The van der Waals surface area contributed by atoms with Gasteiger partial charge < -0.3 is 15.4 Å². The number of carbonyl (C=O) groups excluding carboxylic acids is 1. The third-order valence-corrected chi connectivity index (χ3v) is 3.95. The number of anilines is 1. The van der Waals surface area contributed by atoms with Crippen LogP contribution in [0.15, 0.2) is 60.9 Å². The van der Waals surface area contributed by atoms with E-state index in [1.165, 1.54) is 18.5 Å². The number of benzene rings is 2. The van der Waals surface area contributed by atoms with Gasteiger partial charge in [0.25, 0.3) is 5.91 Å². The monoisotopic (exact) mass is 366 g/mol. The maximum absolute atomic E-state index is 13.7. The minimum Gasteiger partial charge on any atom is -0.496 e. The maximum Gasteiger partial charge on any atom is 0.270 e. The van der Waals surface area contributed by atoms with Crippen LogP contribution in [0.3, 0.4) is 0 Å². The van der Waals surface area contributed by atoms with Gasteiger partial charge in [0.2, 0.25) is 0 Å². The summed E-state index contributed by atoms with van der Waals surface area (Å²) in [6, 6.07) is 15.4. The van der Waals surface area contributed by atoms with Gasteiger partial charge in [0.1, 0.15) is 29.4 Å². The van der Waals surface area contributed by atoms with Crippen molar-refractivity contribution >= 4 is 11.7 Å². The minimum absolute atomic E-state index is 0.218. The summed E-state index contributed by atoms with van der Waals surface area (Å²) in [5.41, 5.74) is 1.59. The Morgan fingerprint density at radius 2 is 1.78 bits per heavy atom. The van der Waals surface area contributed by atoms with Crippen LogP contribution in [0, 0.1) is 5.82 Å². The number of amides is 1. The summed E-state index contributed by atoms with van der Waals surface area (Å²) in [5, 5.41) is 5.80. The van der Waals surface area contributed by atoms with Crippen LogP contribution >= 0.6 is 0 Å². The van der Waals surface area contributed by atoms with Gasteiger partial charge in [-0.05, 0) is 12.1 Å². The molecule has 0 unspecified atom stereocenters. The first kappa shape index (κ1) is 18.3. The Balaban J connectivity index is 1.62. The molecule has 0 spiro atoms. The van der Waals surface area contributed by atoms with E-state index >= 15 is 0 Å². The number of halogens is 1. The second-order valence-corrected chi connectivity index (χ2v) is 5.73. The van der Waals surface area contributed by atoms with Crippen molar-refractivity contribution in [1.29, 1.82) is 0 Å². The molecule has 0 fully saturated rings. The lowest BCUT2D eigenvalue weighted by atomic mass is 10.2. The molecule has 0 aliphatic carbocycles. The molecule has 3 rings (SSSR count). The highest BCUT2D eigenvalue weighted by Crippen LogP contribution is 2.17. The van der Waals surface area contributed by atoms with Gasteiger partial charge in [-0.15, -0.1) is 0 Å². The van der Waals surface area contributed by atoms with Crippen molar-refractivity contribution < 1.29 is 13.9 Å². The van der Waals surface area contributed by atoms with Gasteiger partial charge in [-0.1, -0.05) is 36.4 Å². The Morgan fingerprint density at radius 3 is 2.56 bits per heavy atom. The van der Waals surface area contributed by atoms with E-state index < -0.39 is 0 Å². The van der Waals surface area contributed by atoms with Gasteiger partial charge in [0.15, 0.2) is 0 Å². The van der Waals surface area contributed by atoms with Crippen LogP contribution in [0.25, 0.3) is 0 Å². The molecule has 2 aromatic carbocycles. The molecule has 0 aliphatic rings. The molecule has 27 heavy (non-hydrogen) atoms. The Hall–Kier alpha value is -3.48. The molecular weight excluding hydrogens is 347 g/mol. The summed E-state index contributed by atoms with van der Waals surface area (Å²) in [7, 11) is 1.58. The van der Waals surface area contributed by atoms with Gasteiger partial charge in [-0.25, -0.2) is 14.4 Å². The molecule has 0 aliphatic heterocycles. The fourth-order valence-corrected chi connectivity index (χ4v) is 2.52. The zero-order chi connectivity index (χ0) is 19.1. The summed E-state index contributed by atoms with van der Waals surface area (Å²) in [4.78, 5) is 20.4. The fourth-order valence-electron chi connectivity index (χ4n) is 2.52. The van der Waals surface area contributed by atoms with E-state index in [-0.39, 0.29) is 24.0 Å². The van der Waals surface area contributed by atoms with Crippen molar-refractivity contribution in [2.45, 2.75) is 13.1 Å². The van der Waals surface area contributed by atoms with E-state index in [9.17, 15) is 9.18 Å². The van der Waals surface area contributed by atoms with Crippen LogP contribution in [0.2, 0.25) is 0 Å². The quantitative estimate of drug-likeness (QED) is 0.672. The number of nitrogens with one attached hydrogen (secondary N) is 2. The first-order valence-electron chi connectivity index (χ1n) is 8.37. The smallest absolute Gasteiger partial charge is 0.270 e. The first-order chi connectivity index (χ1) is 13.2. The largest absolute Gasteiger partial charge is 0.496 e. The number of nitrogens with zero attached hydrogens (tertiary/aromatic N) is 2. The number of hydrogen-bond acceptors (Lipinski definition) is 5. The number of aromatic nitrogens is 2. The van der Waals surface area contributed by atoms with Crippen molar-refractivity contribution in [2.75, 3.05) is 12.4 Å². The lowest BCUT2D eigenvalue weighted by molar-refractivity contribution is 0.0945. The molecule has 1 heterocycles. The lowest BCUT2D eigenvalue weighted by Crippen LogP contribution is -2.24. The molecule has 138 valence electrons. The minimum atomic E-state index is -0.336. The van der Waals surface area contributed by atoms with E-state index in [4.69, 9.17) is 4.74 Å². The van der Waals surface area contributed by atoms with E-state index in [2.05, 4.69) is 20.6 Å². The first-order valence-corrected chi connectivity index (χ1v) is 8.37. The summed E-state index contributed by atoms with van der Waals surface area (Å²) in [5.74, 6) is 0.509. The predicted molar refractivity (Wildman–Crippen MR) is 99.9 cm³/mol. The molecule has 2 N–H and O–H groups in total. The third kappa shape index (κ3) is 4.78. The van der Waals surface area contributed by atoms with Gasteiger partial charge in [-0.2, -0.15) is 0 Å². The van der Waals surface area contributed by atoms with E-state index in [0.29, 0.717) is 23.7 Å². The zero-order valence-electron chi connectivity index (χ0n) is 14.8. The van der Waals surface area contributed by atoms with Crippen LogP contribution < -0.4 is 15.4 Å². The molecular formula is C20H19FN4O2. The standard InChI is InChI=1S/C20H19FN4O2/c1-27-18-9-5-3-7-15(18)12-23-20(26)17-10-19(25-13-24-17)22-11-14-6-2-4-8-16(14)21/h2-10,13H,11-12H2,1H3,(H,23,26)(H,22,24,25). The van der Waals surface area contributed by atoms with Crippen LogP contribution in [-0.2, 0) is 13.1 Å². The SMILES string of the molecule is COc1ccccc1CNC(=O)c1cc(NCc2ccccc2F)ncn1. The molecule has 1 aromatic heterocycles. The molecule has 3 aromatic rings. The van der Waals surface area contributed by atoms with Gasteiger partial charge in [-0.3, -0.25) is 4.79 Å². The van der Waals surface area contributed by atoms with E-state index in [1.807, 2.05) is 24.3 Å². The number of hydrogen-bond donors (Lipinski definition) is 2. The number of para-hydroxylation sites is 1. The topological polar surface area (TPSA) is 76.1 Å². The highest BCUT2D eigenvalue weighted by Gasteiger charge is 2.10. The summed E-state index contributed by atoms with van der Waals surface area (Å²) in [6.45, 7) is 0.566. The number of rotatable bonds is 7. The van der Waals surface area contributed by atoms with E-state index in [1.54, 1.807) is 25.3 Å². The summed E-state index contributed by atoms with van der Waals surface area (Å²) >= 11 is 0. The second kappa shape index (κ2) is 8.75.